The van der Waals surface area contributed by atoms with E-state index in [9.17, 15) is 17.2 Å². The first-order chi connectivity index (χ1) is 12.0. The molecule has 0 atom stereocenters. The normalized spacial score (nSPS) is 15.4. The first kappa shape index (κ1) is 17.8. The van der Waals surface area contributed by atoms with Gasteiger partial charge >= 0.3 is 0 Å². The van der Waals surface area contributed by atoms with E-state index in [0.717, 1.165) is 18.9 Å². The Morgan fingerprint density at radius 1 is 1.12 bits per heavy atom. The number of anilines is 1. The van der Waals surface area contributed by atoms with E-state index in [1.54, 1.807) is 6.07 Å². The monoisotopic (exact) mass is 367 g/mol. The summed E-state index contributed by atoms with van der Waals surface area (Å²) >= 11 is 0. The van der Waals surface area contributed by atoms with Gasteiger partial charge in [0.15, 0.2) is 0 Å². The Morgan fingerprint density at radius 3 is 2.52 bits per heavy atom. The van der Waals surface area contributed by atoms with E-state index in [1.165, 1.54) is 28.7 Å². The summed E-state index contributed by atoms with van der Waals surface area (Å²) in [6.45, 7) is 1.49. The molecule has 0 aliphatic carbocycles. The molecule has 0 saturated carbocycles. The molecule has 0 bridgehead atoms. The summed E-state index contributed by atoms with van der Waals surface area (Å²) in [5.74, 6) is -0.685. The lowest BCUT2D eigenvalue weighted by atomic mass is 10.1. The molecule has 0 amide bonds. The van der Waals surface area contributed by atoms with Crippen LogP contribution < -0.4 is 5.32 Å². The summed E-state index contributed by atoms with van der Waals surface area (Å²) in [5, 5.41) is 3.00. The van der Waals surface area contributed by atoms with Crippen LogP contribution in [0.4, 0.5) is 14.6 Å². The van der Waals surface area contributed by atoms with E-state index in [1.807, 2.05) is 0 Å². The van der Waals surface area contributed by atoms with Gasteiger partial charge in [-0.2, -0.15) is 4.31 Å². The molecule has 134 valence electrons. The van der Waals surface area contributed by atoms with Crippen LogP contribution in [-0.2, 0) is 16.4 Å². The Labute approximate surface area is 145 Å². The molecule has 1 saturated heterocycles. The van der Waals surface area contributed by atoms with Crippen molar-refractivity contribution < 1.29 is 17.2 Å². The van der Waals surface area contributed by atoms with Crippen LogP contribution in [0, 0.1) is 11.6 Å². The average molecular weight is 367 g/mol. The maximum Gasteiger partial charge on any atom is 0.244 e. The molecule has 0 spiro atoms. The number of rotatable bonds is 6. The highest BCUT2D eigenvalue weighted by molar-refractivity contribution is 7.89. The quantitative estimate of drug-likeness (QED) is 0.853. The summed E-state index contributed by atoms with van der Waals surface area (Å²) in [6, 6.07) is 6.58. The van der Waals surface area contributed by atoms with Crippen molar-refractivity contribution in [2.24, 2.45) is 0 Å². The molecule has 1 N–H and O–H groups in total. The Balaban J connectivity index is 1.59. The molecular formula is C17H19F2N3O2S. The van der Waals surface area contributed by atoms with Gasteiger partial charge in [-0.25, -0.2) is 22.2 Å². The molecule has 2 aromatic rings. The molecule has 25 heavy (non-hydrogen) atoms. The standard InChI is InChI=1S/C17H19F2N3O2S/c18-14-4-3-13(16(19)11-14)7-8-20-17-6-5-15(12-21-17)25(23,24)22-9-1-2-10-22/h3-6,11-12H,1-2,7-10H2,(H,20,21). The molecule has 1 fully saturated rings. The van der Waals surface area contributed by atoms with Gasteiger partial charge < -0.3 is 5.32 Å². The number of nitrogens with one attached hydrogen (secondary N) is 1. The third-order valence-electron chi connectivity index (χ3n) is 4.15. The Hall–Kier alpha value is -2.06. The Kier molecular flexibility index (Phi) is 5.29. The summed E-state index contributed by atoms with van der Waals surface area (Å²) in [5.41, 5.74) is 0.405. The first-order valence-electron chi connectivity index (χ1n) is 8.11. The lowest BCUT2D eigenvalue weighted by molar-refractivity contribution is 0.477. The lowest BCUT2D eigenvalue weighted by Crippen LogP contribution is -2.27. The van der Waals surface area contributed by atoms with Crippen LogP contribution in [-0.4, -0.2) is 37.3 Å². The lowest BCUT2D eigenvalue weighted by Gasteiger charge is -2.15. The maximum absolute atomic E-state index is 13.6. The van der Waals surface area contributed by atoms with Gasteiger partial charge in [-0.3, -0.25) is 0 Å². The van der Waals surface area contributed by atoms with Crippen LogP contribution in [0.5, 0.6) is 0 Å². The van der Waals surface area contributed by atoms with Gasteiger partial charge in [-0.05, 0) is 43.0 Å². The minimum Gasteiger partial charge on any atom is -0.370 e. The minimum atomic E-state index is -3.47. The second kappa shape index (κ2) is 7.45. The van der Waals surface area contributed by atoms with E-state index < -0.39 is 21.7 Å². The highest BCUT2D eigenvalue weighted by atomic mass is 32.2. The van der Waals surface area contributed by atoms with E-state index in [4.69, 9.17) is 0 Å². The number of nitrogens with zero attached hydrogens (tertiary/aromatic N) is 2. The first-order valence-corrected chi connectivity index (χ1v) is 9.55. The van der Waals surface area contributed by atoms with Crippen molar-refractivity contribution in [2.45, 2.75) is 24.2 Å². The number of hydrogen-bond acceptors (Lipinski definition) is 4. The van der Waals surface area contributed by atoms with E-state index in [2.05, 4.69) is 10.3 Å². The summed E-state index contributed by atoms with van der Waals surface area (Å²) < 4.78 is 52.7. The van der Waals surface area contributed by atoms with Crippen molar-refractivity contribution in [3.05, 3.63) is 53.7 Å². The van der Waals surface area contributed by atoms with Crippen LogP contribution >= 0.6 is 0 Å². The maximum atomic E-state index is 13.6. The number of aromatic nitrogens is 1. The summed E-state index contributed by atoms with van der Waals surface area (Å²) in [4.78, 5) is 4.28. The molecule has 1 aliphatic heterocycles. The van der Waals surface area contributed by atoms with Gasteiger partial charge in [0.1, 0.15) is 22.3 Å². The van der Waals surface area contributed by atoms with Crippen molar-refractivity contribution >= 4 is 15.8 Å². The topological polar surface area (TPSA) is 62.3 Å². The van der Waals surface area contributed by atoms with E-state index >= 15 is 0 Å². The van der Waals surface area contributed by atoms with Crippen molar-refractivity contribution in [2.75, 3.05) is 25.0 Å². The highest BCUT2D eigenvalue weighted by Crippen LogP contribution is 2.21. The zero-order valence-electron chi connectivity index (χ0n) is 13.6. The van der Waals surface area contributed by atoms with Gasteiger partial charge in [-0.15, -0.1) is 0 Å². The van der Waals surface area contributed by atoms with Crippen LogP contribution in [0.25, 0.3) is 0 Å². The largest absolute Gasteiger partial charge is 0.370 e. The van der Waals surface area contributed by atoms with Gasteiger partial charge in [0, 0.05) is 31.9 Å². The predicted molar refractivity (Wildman–Crippen MR) is 90.8 cm³/mol. The average Bonchev–Trinajstić information content (AvgIpc) is 3.13. The molecule has 0 radical (unpaired) electrons. The van der Waals surface area contributed by atoms with Gasteiger partial charge in [0.2, 0.25) is 10.0 Å². The van der Waals surface area contributed by atoms with Crippen LogP contribution in [0.1, 0.15) is 18.4 Å². The third kappa shape index (κ3) is 4.13. The van der Waals surface area contributed by atoms with Crippen molar-refractivity contribution in [3.63, 3.8) is 0 Å². The van der Waals surface area contributed by atoms with Gasteiger partial charge in [0.05, 0.1) is 0 Å². The number of halogens is 2. The fraction of sp³-hybridized carbons (Fsp3) is 0.353. The summed E-state index contributed by atoms with van der Waals surface area (Å²) in [7, 11) is -3.47. The summed E-state index contributed by atoms with van der Waals surface area (Å²) in [6.07, 6.45) is 3.45. The van der Waals surface area contributed by atoms with Crippen LogP contribution in [0.3, 0.4) is 0 Å². The van der Waals surface area contributed by atoms with E-state index in [0.29, 0.717) is 37.4 Å². The fourth-order valence-corrected chi connectivity index (χ4v) is 4.23. The number of benzene rings is 1. The second-order valence-corrected chi connectivity index (χ2v) is 7.84. The zero-order valence-corrected chi connectivity index (χ0v) is 14.4. The zero-order chi connectivity index (χ0) is 17.9. The molecule has 8 heteroatoms. The van der Waals surface area contributed by atoms with Crippen LogP contribution in [0.2, 0.25) is 0 Å². The number of hydrogen-bond donors (Lipinski definition) is 1. The van der Waals surface area contributed by atoms with Crippen molar-refractivity contribution in [3.8, 4) is 0 Å². The van der Waals surface area contributed by atoms with Gasteiger partial charge in [0.25, 0.3) is 0 Å². The molecule has 3 rings (SSSR count). The third-order valence-corrected chi connectivity index (χ3v) is 6.04. The molecule has 2 heterocycles. The molecule has 5 nitrogen and oxygen atoms in total. The van der Waals surface area contributed by atoms with Crippen molar-refractivity contribution in [1.29, 1.82) is 0 Å². The SMILES string of the molecule is O=S(=O)(c1ccc(NCCc2ccc(F)cc2F)nc1)N1CCCC1. The molecule has 1 aromatic heterocycles. The van der Waals surface area contributed by atoms with E-state index in [-0.39, 0.29) is 4.90 Å². The predicted octanol–water partition coefficient (Wildman–Crippen LogP) is 2.80. The Bertz CT molecular complexity index is 835. The Morgan fingerprint density at radius 2 is 1.88 bits per heavy atom. The molecule has 1 aromatic carbocycles. The highest BCUT2D eigenvalue weighted by Gasteiger charge is 2.27. The number of sulfonamides is 1. The molecule has 0 unspecified atom stereocenters. The minimum absolute atomic E-state index is 0.171. The smallest absolute Gasteiger partial charge is 0.244 e. The second-order valence-electron chi connectivity index (χ2n) is 5.90. The fourth-order valence-electron chi connectivity index (χ4n) is 2.76. The number of pyridine rings is 1. The van der Waals surface area contributed by atoms with Crippen molar-refractivity contribution in [1.82, 2.24) is 9.29 Å². The van der Waals surface area contributed by atoms with Gasteiger partial charge in [-0.1, -0.05) is 6.07 Å². The molecular weight excluding hydrogens is 348 g/mol. The van der Waals surface area contributed by atoms with Crippen LogP contribution in [0.15, 0.2) is 41.4 Å². The molecule has 1 aliphatic rings.